The summed E-state index contributed by atoms with van der Waals surface area (Å²) in [5.74, 6) is 0.460. The third kappa shape index (κ3) is 4.16. The Morgan fingerprint density at radius 2 is 1.74 bits per heavy atom. The molecule has 2 aromatic carbocycles. The number of fused-ring (bicyclic) bond motifs is 1. The highest BCUT2D eigenvalue weighted by Crippen LogP contribution is 2.24. The molecule has 0 bridgehead atoms. The summed E-state index contributed by atoms with van der Waals surface area (Å²) in [6.45, 7) is 0. The van der Waals surface area contributed by atoms with E-state index in [2.05, 4.69) is 15.0 Å². The van der Waals surface area contributed by atoms with Crippen LogP contribution in [-0.4, -0.2) is 15.0 Å². The zero-order chi connectivity index (χ0) is 18.8. The van der Waals surface area contributed by atoms with E-state index in [9.17, 15) is 4.79 Å². The van der Waals surface area contributed by atoms with Gasteiger partial charge in [0.15, 0.2) is 5.16 Å². The van der Waals surface area contributed by atoms with Crippen molar-refractivity contribution in [3.05, 3.63) is 86.8 Å². The van der Waals surface area contributed by atoms with Crippen LogP contribution in [-0.2, 0) is 5.75 Å². The largest absolute Gasteiger partial charge is 0.322 e. The first kappa shape index (κ1) is 18.0. The van der Waals surface area contributed by atoms with Crippen LogP contribution in [0.1, 0.15) is 5.56 Å². The lowest BCUT2D eigenvalue weighted by Gasteiger charge is -2.05. The van der Waals surface area contributed by atoms with E-state index in [1.54, 1.807) is 18.3 Å². The van der Waals surface area contributed by atoms with Crippen LogP contribution in [0.2, 0.25) is 10.0 Å². The number of halogens is 2. The number of aromatic nitrogens is 3. The second kappa shape index (κ2) is 7.72. The Labute approximate surface area is 169 Å². The number of hydrogen-bond acceptors (Lipinski definition) is 4. The molecule has 0 radical (unpaired) electrons. The molecule has 0 aliphatic carbocycles. The lowest BCUT2D eigenvalue weighted by molar-refractivity contribution is 0.971. The summed E-state index contributed by atoms with van der Waals surface area (Å²) in [7, 11) is 0. The van der Waals surface area contributed by atoms with Gasteiger partial charge in [-0.15, -0.1) is 0 Å². The predicted octanol–water partition coefficient (Wildman–Crippen LogP) is 5.58. The quantitative estimate of drug-likeness (QED) is 0.350. The van der Waals surface area contributed by atoms with E-state index in [-0.39, 0.29) is 5.56 Å². The number of H-pyrrole nitrogens is 1. The van der Waals surface area contributed by atoms with Crippen LogP contribution in [0.3, 0.4) is 0 Å². The molecule has 0 saturated carbocycles. The van der Waals surface area contributed by atoms with E-state index < -0.39 is 0 Å². The summed E-state index contributed by atoms with van der Waals surface area (Å²) >= 11 is 13.4. The Kier molecular flexibility index (Phi) is 5.16. The van der Waals surface area contributed by atoms with Crippen molar-refractivity contribution in [1.29, 1.82) is 0 Å². The minimum Gasteiger partial charge on any atom is -0.322 e. The van der Waals surface area contributed by atoms with Crippen molar-refractivity contribution in [3.8, 4) is 11.3 Å². The van der Waals surface area contributed by atoms with Crippen LogP contribution < -0.4 is 5.56 Å². The molecule has 134 valence electrons. The van der Waals surface area contributed by atoms with E-state index in [1.165, 1.54) is 11.8 Å². The average Bonchev–Trinajstić information content (AvgIpc) is 2.67. The molecule has 0 fully saturated rings. The summed E-state index contributed by atoms with van der Waals surface area (Å²) in [6, 6.07) is 16.6. The van der Waals surface area contributed by atoms with Gasteiger partial charge in [-0.25, -0.2) is 9.97 Å². The van der Waals surface area contributed by atoms with E-state index in [0.717, 1.165) is 22.2 Å². The first-order chi connectivity index (χ1) is 13.1. The molecular weight excluding hydrogens is 401 g/mol. The number of aromatic amines is 1. The topological polar surface area (TPSA) is 58.6 Å². The average molecular weight is 414 g/mol. The fraction of sp³-hybridized carbons (Fsp3) is 0.0500. The van der Waals surface area contributed by atoms with E-state index in [4.69, 9.17) is 23.2 Å². The van der Waals surface area contributed by atoms with Crippen molar-refractivity contribution in [2.24, 2.45) is 0 Å². The minimum absolute atomic E-state index is 0.119. The van der Waals surface area contributed by atoms with Gasteiger partial charge in [0.1, 0.15) is 0 Å². The van der Waals surface area contributed by atoms with Crippen LogP contribution in [0.5, 0.6) is 0 Å². The van der Waals surface area contributed by atoms with Gasteiger partial charge >= 0.3 is 0 Å². The Hall–Kier alpha value is -2.34. The fourth-order valence-electron chi connectivity index (χ4n) is 2.66. The molecule has 0 spiro atoms. The molecule has 0 amide bonds. The van der Waals surface area contributed by atoms with Gasteiger partial charge in [-0.05, 0) is 47.9 Å². The Bertz CT molecular complexity index is 1180. The molecule has 2 aromatic heterocycles. The van der Waals surface area contributed by atoms with Crippen molar-refractivity contribution in [2.45, 2.75) is 10.9 Å². The van der Waals surface area contributed by atoms with Gasteiger partial charge in [-0.2, -0.15) is 0 Å². The molecule has 7 heteroatoms. The molecule has 4 rings (SSSR count). The molecule has 27 heavy (non-hydrogen) atoms. The summed E-state index contributed by atoms with van der Waals surface area (Å²) < 4.78 is 0. The van der Waals surface area contributed by atoms with Crippen molar-refractivity contribution in [1.82, 2.24) is 15.0 Å². The van der Waals surface area contributed by atoms with E-state index >= 15 is 0 Å². The number of nitrogens with one attached hydrogen (secondary N) is 1. The lowest BCUT2D eigenvalue weighted by atomic mass is 10.1. The second-order valence-corrected chi connectivity index (χ2v) is 7.69. The maximum atomic E-state index is 12.3. The number of thioether (sulfide) groups is 1. The van der Waals surface area contributed by atoms with Crippen LogP contribution >= 0.6 is 35.0 Å². The van der Waals surface area contributed by atoms with Crippen molar-refractivity contribution >= 4 is 45.9 Å². The van der Waals surface area contributed by atoms with Gasteiger partial charge in [0.05, 0.1) is 5.69 Å². The zero-order valence-corrected chi connectivity index (χ0v) is 16.3. The van der Waals surface area contributed by atoms with Crippen molar-refractivity contribution in [2.75, 3.05) is 0 Å². The summed E-state index contributed by atoms with van der Waals surface area (Å²) in [4.78, 5) is 24.1. The highest BCUT2D eigenvalue weighted by molar-refractivity contribution is 7.98. The van der Waals surface area contributed by atoms with Gasteiger partial charge in [0.25, 0.3) is 5.56 Å². The van der Waals surface area contributed by atoms with Crippen molar-refractivity contribution < 1.29 is 0 Å². The fourth-order valence-corrected chi connectivity index (χ4v) is 3.77. The summed E-state index contributed by atoms with van der Waals surface area (Å²) in [6.07, 6.45) is 1.71. The number of pyridine rings is 1. The Morgan fingerprint density at radius 3 is 2.56 bits per heavy atom. The lowest BCUT2D eigenvalue weighted by Crippen LogP contribution is -2.11. The molecule has 0 aliphatic rings. The van der Waals surface area contributed by atoms with Crippen LogP contribution in [0, 0.1) is 0 Å². The highest BCUT2D eigenvalue weighted by Gasteiger charge is 2.07. The molecule has 0 unspecified atom stereocenters. The van der Waals surface area contributed by atoms with E-state index in [0.29, 0.717) is 26.5 Å². The third-order valence-corrected chi connectivity index (χ3v) is 5.41. The first-order valence-corrected chi connectivity index (χ1v) is 9.86. The van der Waals surface area contributed by atoms with Gasteiger partial charge in [0, 0.05) is 38.6 Å². The monoisotopic (exact) mass is 413 g/mol. The van der Waals surface area contributed by atoms with E-state index in [1.807, 2.05) is 42.5 Å². The SMILES string of the molecule is O=c1[nH]c2ccc(Cl)cc2cc1CSc1nccc(-c2ccc(Cl)cc2)n1. The summed E-state index contributed by atoms with van der Waals surface area (Å²) in [5.41, 5.74) is 3.06. The van der Waals surface area contributed by atoms with Crippen LogP contribution in [0.25, 0.3) is 22.2 Å². The number of hydrogen-bond donors (Lipinski definition) is 1. The molecular formula is C20H13Cl2N3OS. The van der Waals surface area contributed by atoms with Gasteiger partial charge in [0.2, 0.25) is 0 Å². The molecule has 0 atom stereocenters. The maximum Gasteiger partial charge on any atom is 0.252 e. The molecule has 2 heterocycles. The molecule has 0 saturated heterocycles. The Morgan fingerprint density at radius 1 is 0.963 bits per heavy atom. The first-order valence-electron chi connectivity index (χ1n) is 8.12. The smallest absolute Gasteiger partial charge is 0.252 e. The summed E-state index contributed by atoms with van der Waals surface area (Å²) in [5, 5.41) is 2.81. The minimum atomic E-state index is -0.119. The zero-order valence-electron chi connectivity index (χ0n) is 13.9. The molecule has 4 nitrogen and oxygen atoms in total. The normalized spacial score (nSPS) is 11.0. The number of benzene rings is 2. The van der Waals surface area contributed by atoms with Crippen molar-refractivity contribution in [3.63, 3.8) is 0 Å². The number of rotatable bonds is 4. The third-order valence-electron chi connectivity index (χ3n) is 4.01. The van der Waals surface area contributed by atoms with Crippen LogP contribution in [0.4, 0.5) is 0 Å². The van der Waals surface area contributed by atoms with Gasteiger partial charge in [-0.3, -0.25) is 4.79 Å². The van der Waals surface area contributed by atoms with Crippen LogP contribution in [0.15, 0.2) is 70.7 Å². The molecule has 4 aromatic rings. The highest BCUT2D eigenvalue weighted by atomic mass is 35.5. The molecule has 0 aliphatic heterocycles. The predicted molar refractivity (Wildman–Crippen MR) is 112 cm³/mol. The van der Waals surface area contributed by atoms with Gasteiger partial charge < -0.3 is 4.98 Å². The standard InChI is InChI=1S/C20H13Cl2N3OS/c21-15-3-1-12(2-4-15)18-7-8-23-20(25-18)27-11-14-9-13-10-16(22)5-6-17(13)24-19(14)26/h1-10H,11H2,(H,24,26). The second-order valence-electron chi connectivity index (χ2n) is 5.88. The maximum absolute atomic E-state index is 12.3. The number of nitrogens with zero attached hydrogens (tertiary/aromatic N) is 2. The Balaban J connectivity index is 1.58. The van der Waals surface area contributed by atoms with Gasteiger partial charge in [-0.1, -0.05) is 47.1 Å². The molecule has 1 N–H and O–H groups in total.